The Morgan fingerprint density at radius 3 is 2.69 bits per heavy atom. The smallest absolute Gasteiger partial charge is 0.179 e. The number of rotatable bonds is 3. The minimum Gasteiger partial charge on any atom is -0.491 e. The maximum Gasteiger partial charge on any atom is 0.179 e. The van der Waals surface area contributed by atoms with Crippen molar-refractivity contribution in [2.24, 2.45) is 0 Å². The molecule has 0 bridgehead atoms. The van der Waals surface area contributed by atoms with Crippen LogP contribution in [0.4, 0.5) is 5.69 Å². The molecule has 3 nitrogen and oxygen atoms in total. The van der Waals surface area contributed by atoms with Crippen molar-refractivity contribution in [3.8, 4) is 11.5 Å². The van der Waals surface area contributed by atoms with Crippen molar-refractivity contribution < 1.29 is 9.47 Å². The molecule has 1 aromatic carbocycles. The zero-order valence-electron chi connectivity index (χ0n) is 7.63. The van der Waals surface area contributed by atoms with Crippen LogP contribution in [0.2, 0.25) is 5.02 Å². The lowest BCUT2D eigenvalue weighted by molar-refractivity contribution is 0.311. The van der Waals surface area contributed by atoms with Crippen LogP contribution in [0, 0.1) is 0 Å². The molecule has 0 amide bonds. The molecule has 0 aliphatic heterocycles. The SMILES string of the molecule is CCOc1cc(N)cc(Cl)c1OC. The monoisotopic (exact) mass is 201 g/mol. The summed E-state index contributed by atoms with van der Waals surface area (Å²) in [7, 11) is 1.54. The molecular formula is C9H12ClNO2. The van der Waals surface area contributed by atoms with E-state index in [1.54, 1.807) is 19.2 Å². The van der Waals surface area contributed by atoms with Crippen molar-refractivity contribution in [2.45, 2.75) is 6.92 Å². The fourth-order valence-electron chi connectivity index (χ4n) is 1.05. The Morgan fingerprint density at radius 1 is 1.46 bits per heavy atom. The predicted octanol–water partition coefficient (Wildman–Crippen LogP) is 2.33. The zero-order chi connectivity index (χ0) is 9.84. The standard InChI is InChI=1S/C9H12ClNO2/c1-3-13-8-5-6(11)4-7(10)9(8)12-2/h4-5H,3,11H2,1-2H3. The molecule has 0 spiro atoms. The zero-order valence-corrected chi connectivity index (χ0v) is 8.39. The third-order valence-corrected chi connectivity index (χ3v) is 1.82. The highest BCUT2D eigenvalue weighted by atomic mass is 35.5. The molecule has 0 aromatic heterocycles. The van der Waals surface area contributed by atoms with E-state index in [1.807, 2.05) is 6.92 Å². The van der Waals surface area contributed by atoms with Crippen LogP contribution >= 0.6 is 11.6 Å². The molecule has 72 valence electrons. The summed E-state index contributed by atoms with van der Waals surface area (Å²) in [5.41, 5.74) is 6.16. The number of methoxy groups -OCH3 is 1. The number of ether oxygens (including phenoxy) is 2. The normalized spacial score (nSPS) is 9.77. The van der Waals surface area contributed by atoms with E-state index in [0.717, 1.165) is 0 Å². The summed E-state index contributed by atoms with van der Waals surface area (Å²) in [6, 6.07) is 3.32. The fourth-order valence-corrected chi connectivity index (χ4v) is 1.35. The van der Waals surface area contributed by atoms with Gasteiger partial charge in [-0.25, -0.2) is 0 Å². The van der Waals surface area contributed by atoms with Crippen molar-refractivity contribution in [3.63, 3.8) is 0 Å². The third kappa shape index (κ3) is 2.18. The Morgan fingerprint density at radius 2 is 2.15 bits per heavy atom. The quantitative estimate of drug-likeness (QED) is 0.764. The number of hydrogen-bond acceptors (Lipinski definition) is 3. The second-order valence-corrected chi connectivity index (χ2v) is 2.87. The van der Waals surface area contributed by atoms with Gasteiger partial charge in [-0.2, -0.15) is 0 Å². The van der Waals surface area contributed by atoms with Gasteiger partial charge in [0.1, 0.15) is 0 Å². The van der Waals surface area contributed by atoms with Crippen LogP contribution in [0.3, 0.4) is 0 Å². The van der Waals surface area contributed by atoms with Crippen LogP contribution in [-0.2, 0) is 0 Å². The van der Waals surface area contributed by atoms with Gasteiger partial charge in [0, 0.05) is 11.8 Å². The van der Waals surface area contributed by atoms with E-state index in [2.05, 4.69) is 0 Å². The van der Waals surface area contributed by atoms with E-state index < -0.39 is 0 Å². The minimum absolute atomic E-state index is 0.464. The van der Waals surface area contributed by atoms with Crippen molar-refractivity contribution >= 4 is 17.3 Å². The molecule has 0 aliphatic carbocycles. The van der Waals surface area contributed by atoms with E-state index in [-0.39, 0.29) is 0 Å². The molecule has 0 fully saturated rings. The number of anilines is 1. The van der Waals surface area contributed by atoms with Crippen LogP contribution in [0.25, 0.3) is 0 Å². The van der Waals surface area contributed by atoms with Crippen molar-refractivity contribution in [3.05, 3.63) is 17.2 Å². The summed E-state index contributed by atoms with van der Waals surface area (Å²) < 4.78 is 10.4. The Kier molecular flexibility index (Phi) is 3.25. The average Bonchev–Trinajstić information content (AvgIpc) is 2.04. The van der Waals surface area contributed by atoms with Crippen molar-refractivity contribution in [1.29, 1.82) is 0 Å². The van der Waals surface area contributed by atoms with Gasteiger partial charge in [0.2, 0.25) is 0 Å². The van der Waals surface area contributed by atoms with Crippen molar-refractivity contribution in [1.82, 2.24) is 0 Å². The largest absolute Gasteiger partial charge is 0.491 e. The molecule has 0 atom stereocenters. The Labute approximate surface area is 82.4 Å². The third-order valence-electron chi connectivity index (χ3n) is 1.54. The highest BCUT2D eigenvalue weighted by molar-refractivity contribution is 6.32. The number of nitrogens with two attached hydrogens (primary N) is 1. The molecule has 0 saturated carbocycles. The maximum absolute atomic E-state index is 5.89. The van der Waals surface area contributed by atoms with Gasteiger partial charge in [0.15, 0.2) is 11.5 Å². The van der Waals surface area contributed by atoms with E-state index in [4.69, 9.17) is 26.8 Å². The number of benzene rings is 1. The van der Waals surface area contributed by atoms with Crippen LogP contribution in [0.1, 0.15) is 6.92 Å². The molecule has 0 aliphatic rings. The lowest BCUT2D eigenvalue weighted by Gasteiger charge is -2.11. The first-order chi connectivity index (χ1) is 6.19. The molecule has 1 aromatic rings. The summed E-state index contributed by atoms with van der Waals surface area (Å²) in [6.45, 7) is 2.44. The Bertz CT molecular complexity index is 302. The molecule has 2 N–H and O–H groups in total. The highest BCUT2D eigenvalue weighted by Crippen LogP contribution is 2.36. The van der Waals surface area contributed by atoms with Gasteiger partial charge in [-0.15, -0.1) is 0 Å². The first kappa shape index (κ1) is 9.99. The van der Waals surface area contributed by atoms with Crippen LogP contribution in [0.5, 0.6) is 11.5 Å². The minimum atomic E-state index is 0.464. The Hall–Kier alpha value is -1.09. The maximum atomic E-state index is 5.89. The summed E-state index contributed by atoms with van der Waals surface area (Å²) in [5.74, 6) is 1.10. The predicted molar refractivity (Wildman–Crippen MR) is 53.6 cm³/mol. The van der Waals surface area contributed by atoms with Gasteiger partial charge in [-0.05, 0) is 13.0 Å². The summed E-state index contributed by atoms with van der Waals surface area (Å²) in [6.07, 6.45) is 0. The molecule has 0 unspecified atom stereocenters. The molecule has 1 rings (SSSR count). The van der Waals surface area contributed by atoms with E-state index in [9.17, 15) is 0 Å². The fraction of sp³-hybridized carbons (Fsp3) is 0.333. The molecule has 0 radical (unpaired) electrons. The lowest BCUT2D eigenvalue weighted by atomic mass is 10.3. The molecule has 0 saturated heterocycles. The van der Waals surface area contributed by atoms with E-state index in [1.165, 1.54) is 0 Å². The summed E-state index contributed by atoms with van der Waals surface area (Å²) in [5, 5.41) is 0.464. The number of hydrogen-bond donors (Lipinski definition) is 1. The van der Waals surface area contributed by atoms with Gasteiger partial charge < -0.3 is 15.2 Å². The molecular weight excluding hydrogens is 190 g/mol. The molecule has 13 heavy (non-hydrogen) atoms. The molecule has 4 heteroatoms. The second kappa shape index (κ2) is 4.23. The lowest BCUT2D eigenvalue weighted by Crippen LogP contribution is -1.97. The summed E-state index contributed by atoms with van der Waals surface area (Å²) in [4.78, 5) is 0. The second-order valence-electron chi connectivity index (χ2n) is 2.47. The van der Waals surface area contributed by atoms with Gasteiger partial charge in [-0.3, -0.25) is 0 Å². The van der Waals surface area contributed by atoms with Gasteiger partial charge >= 0.3 is 0 Å². The van der Waals surface area contributed by atoms with Crippen LogP contribution < -0.4 is 15.2 Å². The van der Waals surface area contributed by atoms with Crippen molar-refractivity contribution in [2.75, 3.05) is 19.5 Å². The van der Waals surface area contributed by atoms with E-state index >= 15 is 0 Å². The topological polar surface area (TPSA) is 44.5 Å². The van der Waals surface area contributed by atoms with Gasteiger partial charge in [-0.1, -0.05) is 11.6 Å². The molecule has 0 heterocycles. The van der Waals surface area contributed by atoms with Crippen LogP contribution in [0.15, 0.2) is 12.1 Å². The number of nitrogen functional groups attached to an aromatic ring is 1. The van der Waals surface area contributed by atoms with Crippen LogP contribution in [-0.4, -0.2) is 13.7 Å². The first-order valence-electron chi connectivity index (χ1n) is 3.94. The number of halogens is 1. The first-order valence-corrected chi connectivity index (χ1v) is 4.32. The van der Waals surface area contributed by atoms with Gasteiger partial charge in [0.05, 0.1) is 18.7 Å². The average molecular weight is 202 g/mol. The van der Waals surface area contributed by atoms with Gasteiger partial charge in [0.25, 0.3) is 0 Å². The highest BCUT2D eigenvalue weighted by Gasteiger charge is 2.09. The van der Waals surface area contributed by atoms with E-state index in [0.29, 0.717) is 28.8 Å². The summed E-state index contributed by atoms with van der Waals surface area (Å²) >= 11 is 5.89. The Balaban J connectivity index is 3.13.